The van der Waals surface area contributed by atoms with Crippen molar-refractivity contribution < 1.29 is 48.3 Å². The van der Waals surface area contributed by atoms with Crippen LogP contribution in [0.2, 0.25) is 0 Å². The summed E-state index contributed by atoms with van der Waals surface area (Å²) in [5, 5.41) is 17.1. The molecule has 0 bridgehead atoms. The lowest BCUT2D eigenvalue weighted by Gasteiger charge is -2.15. The molecule has 0 spiro atoms. The fraction of sp³-hybridized carbons (Fsp3) is 0.812. The Morgan fingerprint density at radius 3 is 1.96 bits per heavy atom. The highest BCUT2D eigenvalue weighted by Crippen LogP contribution is 2.25. The first-order valence-corrected chi connectivity index (χ1v) is 8.50. The van der Waals surface area contributed by atoms with Gasteiger partial charge in [-0.05, 0) is 0 Å². The van der Waals surface area contributed by atoms with Crippen LogP contribution in [0.15, 0.2) is 0 Å². The number of carbonyl (C=O) groups is 3. The zero-order valence-electron chi connectivity index (χ0n) is 14.6. The van der Waals surface area contributed by atoms with Crippen LogP contribution in [0.4, 0.5) is 0 Å². The smallest absolute Gasteiger partial charge is 0.348 e. The number of ether oxygens (including phenoxy) is 5. The van der Waals surface area contributed by atoms with Gasteiger partial charge in [0.1, 0.15) is 5.92 Å². The number of cyclic esters (lactones) is 1. The first kappa shape index (κ1) is 22.3. The van der Waals surface area contributed by atoms with Crippen LogP contribution in [-0.4, -0.2) is 87.1 Å². The average molecular weight is 378 g/mol. The Kier molecular flexibility index (Phi) is 11.5. The molecule has 0 aromatic carbocycles. The third-order valence-electron chi connectivity index (χ3n) is 3.37. The number of hydrogen-bond donors (Lipinski definition) is 2. The van der Waals surface area contributed by atoms with Gasteiger partial charge in [0, 0.05) is 26.1 Å². The second-order valence-corrected chi connectivity index (χ2v) is 5.44. The van der Waals surface area contributed by atoms with Crippen LogP contribution in [0.25, 0.3) is 0 Å². The molecular weight excluding hydrogens is 352 g/mol. The minimum Gasteiger partial charge on any atom is -0.465 e. The third-order valence-corrected chi connectivity index (χ3v) is 3.37. The molecule has 0 amide bonds. The molecule has 10 heteroatoms. The molecule has 150 valence electrons. The lowest BCUT2D eigenvalue weighted by molar-refractivity contribution is -0.167. The Morgan fingerprint density at radius 1 is 0.885 bits per heavy atom. The number of aliphatic hydroxyl groups is 2. The van der Waals surface area contributed by atoms with Crippen molar-refractivity contribution in [2.24, 2.45) is 5.92 Å². The first-order chi connectivity index (χ1) is 12.6. The summed E-state index contributed by atoms with van der Waals surface area (Å²) in [7, 11) is 0. The molecule has 0 saturated carbocycles. The van der Waals surface area contributed by atoms with Gasteiger partial charge in [-0.1, -0.05) is 0 Å². The number of aliphatic hydroxyl groups excluding tert-OH is 2. The SMILES string of the molecule is O=C1CC(C(=O)OCCCOCCO)C(C(=O)OCCCOCCO)O1. The Balaban J connectivity index is 2.30. The molecule has 26 heavy (non-hydrogen) atoms. The zero-order chi connectivity index (χ0) is 19.2. The molecule has 1 aliphatic rings. The quantitative estimate of drug-likeness (QED) is 0.215. The number of esters is 3. The van der Waals surface area contributed by atoms with E-state index in [-0.39, 0.29) is 46.1 Å². The molecule has 0 radical (unpaired) electrons. The maximum Gasteiger partial charge on any atom is 0.348 e. The highest BCUT2D eigenvalue weighted by molar-refractivity contribution is 5.92. The van der Waals surface area contributed by atoms with Gasteiger partial charge < -0.3 is 33.9 Å². The van der Waals surface area contributed by atoms with Crippen LogP contribution in [-0.2, 0) is 38.1 Å². The molecule has 0 aromatic heterocycles. The van der Waals surface area contributed by atoms with Crippen molar-refractivity contribution in [2.75, 3.05) is 52.9 Å². The molecule has 10 nitrogen and oxygen atoms in total. The normalized spacial score (nSPS) is 19.2. The third kappa shape index (κ3) is 8.56. The topological polar surface area (TPSA) is 138 Å². The molecule has 0 aromatic rings. The Morgan fingerprint density at radius 2 is 1.42 bits per heavy atom. The molecule has 2 unspecified atom stereocenters. The van der Waals surface area contributed by atoms with E-state index in [4.69, 9.17) is 33.9 Å². The van der Waals surface area contributed by atoms with Crippen LogP contribution in [0.1, 0.15) is 19.3 Å². The van der Waals surface area contributed by atoms with E-state index in [0.29, 0.717) is 26.1 Å². The van der Waals surface area contributed by atoms with Gasteiger partial charge in [0.05, 0.1) is 46.1 Å². The Bertz CT molecular complexity index is 401. The predicted octanol–water partition coefficient (Wildman–Crippen LogP) is -1.20. The van der Waals surface area contributed by atoms with Gasteiger partial charge >= 0.3 is 17.9 Å². The van der Waals surface area contributed by atoms with Gasteiger partial charge in [-0.25, -0.2) is 4.79 Å². The summed E-state index contributed by atoms with van der Waals surface area (Å²) in [5.41, 5.74) is 0. The lowest BCUT2D eigenvalue weighted by atomic mass is 10.0. The minimum atomic E-state index is -1.31. The molecule has 1 aliphatic heterocycles. The van der Waals surface area contributed by atoms with E-state index in [0.717, 1.165) is 0 Å². The molecule has 2 atom stereocenters. The van der Waals surface area contributed by atoms with Crippen LogP contribution in [0.3, 0.4) is 0 Å². The molecule has 1 saturated heterocycles. The standard InChI is InChI=1S/C16H26O10/c17-3-9-22-5-1-7-24-15(20)12-11-13(19)26-14(12)16(21)25-8-2-6-23-10-4-18/h12,14,17-18H,1-11H2. The van der Waals surface area contributed by atoms with Crippen molar-refractivity contribution in [1.82, 2.24) is 0 Å². The Labute approximate surface area is 151 Å². The number of rotatable bonds is 14. The second kappa shape index (κ2) is 13.5. The molecular formula is C16H26O10. The van der Waals surface area contributed by atoms with Gasteiger partial charge in [0.25, 0.3) is 0 Å². The molecule has 2 N–H and O–H groups in total. The lowest BCUT2D eigenvalue weighted by Crippen LogP contribution is -2.34. The molecule has 1 rings (SSSR count). The summed E-state index contributed by atoms with van der Waals surface area (Å²) in [6.07, 6.45) is -0.704. The van der Waals surface area contributed by atoms with E-state index in [9.17, 15) is 14.4 Å². The van der Waals surface area contributed by atoms with Crippen LogP contribution in [0, 0.1) is 5.92 Å². The maximum absolute atomic E-state index is 12.1. The highest BCUT2D eigenvalue weighted by Gasteiger charge is 2.46. The van der Waals surface area contributed by atoms with E-state index >= 15 is 0 Å². The monoisotopic (exact) mass is 378 g/mol. The van der Waals surface area contributed by atoms with Crippen molar-refractivity contribution in [3.8, 4) is 0 Å². The second-order valence-electron chi connectivity index (χ2n) is 5.44. The minimum absolute atomic E-state index is 0.0439. The molecule has 1 fully saturated rings. The van der Waals surface area contributed by atoms with Crippen LogP contribution in [0.5, 0.6) is 0 Å². The van der Waals surface area contributed by atoms with Crippen molar-refractivity contribution in [2.45, 2.75) is 25.4 Å². The van der Waals surface area contributed by atoms with Gasteiger partial charge in [0.15, 0.2) is 0 Å². The van der Waals surface area contributed by atoms with Gasteiger partial charge in [0.2, 0.25) is 6.10 Å². The van der Waals surface area contributed by atoms with Crippen LogP contribution < -0.4 is 0 Å². The van der Waals surface area contributed by atoms with E-state index < -0.39 is 29.9 Å². The molecule has 0 aliphatic carbocycles. The highest BCUT2D eigenvalue weighted by atomic mass is 16.6. The summed E-state index contributed by atoms with van der Waals surface area (Å²) in [6.45, 7) is 0.972. The van der Waals surface area contributed by atoms with E-state index in [2.05, 4.69) is 0 Å². The summed E-state index contributed by atoms with van der Waals surface area (Å²) in [6, 6.07) is 0. The predicted molar refractivity (Wildman–Crippen MR) is 84.9 cm³/mol. The van der Waals surface area contributed by atoms with Gasteiger partial charge in [-0.15, -0.1) is 0 Å². The summed E-state index contributed by atoms with van der Waals surface area (Å²) >= 11 is 0. The fourth-order valence-corrected chi connectivity index (χ4v) is 2.17. The van der Waals surface area contributed by atoms with Crippen molar-refractivity contribution >= 4 is 17.9 Å². The van der Waals surface area contributed by atoms with Gasteiger partial charge in [-0.2, -0.15) is 0 Å². The fourth-order valence-electron chi connectivity index (χ4n) is 2.17. The van der Waals surface area contributed by atoms with Crippen LogP contribution >= 0.6 is 0 Å². The summed E-state index contributed by atoms with van der Waals surface area (Å²) in [5.74, 6) is -3.19. The Hall–Kier alpha value is -1.75. The number of hydrogen-bond acceptors (Lipinski definition) is 10. The summed E-state index contributed by atoms with van der Waals surface area (Å²) < 4.78 is 25.0. The van der Waals surface area contributed by atoms with E-state index in [1.54, 1.807) is 0 Å². The van der Waals surface area contributed by atoms with Crippen molar-refractivity contribution in [1.29, 1.82) is 0 Å². The largest absolute Gasteiger partial charge is 0.465 e. The zero-order valence-corrected chi connectivity index (χ0v) is 14.6. The van der Waals surface area contributed by atoms with E-state index in [1.165, 1.54) is 0 Å². The van der Waals surface area contributed by atoms with Gasteiger partial charge in [-0.3, -0.25) is 9.59 Å². The average Bonchev–Trinajstić information content (AvgIpc) is 3.02. The van der Waals surface area contributed by atoms with Crippen molar-refractivity contribution in [3.63, 3.8) is 0 Å². The first-order valence-electron chi connectivity index (χ1n) is 8.50. The maximum atomic E-state index is 12.1. The van der Waals surface area contributed by atoms with Crippen molar-refractivity contribution in [3.05, 3.63) is 0 Å². The summed E-state index contributed by atoms with van der Waals surface area (Å²) in [4.78, 5) is 35.5. The van der Waals surface area contributed by atoms with E-state index in [1.807, 2.05) is 0 Å². The molecule has 1 heterocycles. The number of carbonyl (C=O) groups excluding carboxylic acids is 3.